The van der Waals surface area contributed by atoms with Crippen molar-refractivity contribution in [1.82, 2.24) is 0 Å². The van der Waals surface area contributed by atoms with Crippen LogP contribution in [-0.2, 0) is 58.3 Å². The van der Waals surface area contributed by atoms with Gasteiger partial charge in [0.05, 0.1) is 39.4 Å². The number of hydrogen-bond donors (Lipinski definition) is 4. The molecule has 0 fully saturated rings. The third-order valence-electron chi connectivity index (χ3n) is 12.3. The van der Waals surface area contributed by atoms with Crippen LogP contribution >= 0.6 is 0 Å². The van der Waals surface area contributed by atoms with Crippen molar-refractivity contribution in [3.8, 4) is 0 Å². The quantitative estimate of drug-likeness (QED) is 0.0139. The van der Waals surface area contributed by atoms with Crippen molar-refractivity contribution in [3.05, 3.63) is 106 Å². The molecule has 4 N–H and O–H groups in total. The molecule has 4 rings (SSSR count). The van der Waals surface area contributed by atoms with Gasteiger partial charge in [0.1, 0.15) is 6.54 Å². The summed E-state index contributed by atoms with van der Waals surface area (Å²) in [4.78, 5) is 12.2. The summed E-state index contributed by atoms with van der Waals surface area (Å²) in [7, 11) is -13.5. The molecule has 0 spiro atoms. The molecule has 13 nitrogen and oxygen atoms in total. The molecule has 2 unspecified atom stereocenters. The van der Waals surface area contributed by atoms with E-state index in [1.807, 2.05) is 0 Å². The highest BCUT2D eigenvalue weighted by Gasteiger charge is 2.54. The fourth-order valence-corrected chi connectivity index (χ4v) is 10.8. The minimum absolute atomic E-state index is 0.0252. The minimum atomic E-state index is -5.36. The Morgan fingerprint density at radius 1 is 0.634 bits per heavy atom. The van der Waals surface area contributed by atoms with Gasteiger partial charge in [-0.2, -0.15) is 60.6 Å². The number of alkyl halides is 6. The van der Waals surface area contributed by atoms with Crippen LogP contribution in [0.1, 0.15) is 113 Å². The number of aliphatic carboxylic acids is 1. The maximum absolute atomic E-state index is 15.8. The van der Waals surface area contributed by atoms with E-state index in [2.05, 4.69) is 0 Å². The van der Waals surface area contributed by atoms with E-state index in [0.717, 1.165) is 4.90 Å². The Labute approximate surface area is 404 Å². The number of fused-ring (bicyclic) bond motifs is 2. The van der Waals surface area contributed by atoms with E-state index in [9.17, 15) is 78.8 Å². The Bertz CT molecular complexity index is 2830. The lowest BCUT2D eigenvalue weighted by molar-refractivity contribution is -0.441. The highest BCUT2D eigenvalue weighted by atomic mass is 32.2. The lowest BCUT2D eigenvalue weighted by Gasteiger charge is -2.31. The third kappa shape index (κ3) is 15.2. The number of benzene rings is 2. The number of carboxylic acid groups (broad SMARTS) is 1. The number of carbonyl (C=O) groups is 1. The van der Waals surface area contributed by atoms with Gasteiger partial charge in [-0.05, 0) is 89.0 Å². The van der Waals surface area contributed by atoms with Crippen molar-refractivity contribution in [3.63, 3.8) is 0 Å². The Hall–Kier alpha value is -4.63. The summed E-state index contributed by atoms with van der Waals surface area (Å²) in [6.07, 6.45) is -2.56. The molecule has 2 aliphatic rings. The van der Waals surface area contributed by atoms with Crippen molar-refractivity contribution < 1.29 is 97.3 Å². The standard InChI is InChI=1S/C45H52F10N2O11S3/c1-42(20-10-14-24-69(60,61)62)32(56(22-13-16-26-71(66,67)68)31-28-29(44(50,51)52)27-30(35(31)42)45(53,54)55)17-7-4-3-5-8-18-33-43(2,21-11-15-25-70(63,64)65)36-37(46)38(47)39(48)40(49)41(36)57(33)23-12-6-9-19-34(58)59/h3-5,7-8,17-18,27-28H,6,9-16,19-26H2,1-2H3,(H3-,58,59,60,61,62,63,64,65,66,67,68)/p+1. The SMILES string of the molecule is CC1(CCCCS(=O)(=O)O)C(=CC=CC=CC=CC2=[N+](CCCCCC(=O)O)c3c(F)c(F)c(F)c(F)c3C2(C)CCCCS(=O)(=O)O)N(CCCCS(=O)(=O)O)c2cc(C(F)(F)F)cc(C(F)(F)F)c21. The molecule has 71 heavy (non-hydrogen) atoms. The fraction of sp³-hybridized carbons (Fsp3) is 0.511. The van der Waals surface area contributed by atoms with Crippen molar-refractivity contribution in [2.24, 2.45) is 0 Å². The zero-order chi connectivity index (χ0) is 53.5. The van der Waals surface area contributed by atoms with Crippen LogP contribution in [0, 0.1) is 23.3 Å². The molecule has 2 aromatic carbocycles. The summed E-state index contributed by atoms with van der Waals surface area (Å²) in [6, 6.07) is 0.474. The molecular weight excluding hydrogens is 1030 g/mol. The molecule has 0 radical (unpaired) electrons. The number of halogens is 10. The van der Waals surface area contributed by atoms with Crippen LogP contribution in [0.25, 0.3) is 0 Å². The average Bonchev–Trinajstić information content (AvgIpc) is 3.62. The Balaban J connectivity index is 1.85. The molecule has 0 saturated heterocycles. The number of rotatable bonds is 25. The first-order chi connectivity index (χ1) is 32.6. The van der Waals surface area contributed by atoms with Gasteiger partial charge in [0.15, 0.2) is 17.3 Å². The highest BCUT2D eigenvalue weighted by molar-refractivity contribution is 7.86. The summed E-state index contributed by atoms with van der Waals surface area (Å²) in [5, 5.41) is 9.06. The number of allylic oxidation sites excluding steroid dienone is 8. The van der Waals surface area contributed by atoms with E-state index in [4.69, 9.17) is 5.11 Å². The van der Waals surface area contributed by atoms with Crippen molar-refractivity contribution >= 4 is 53.4 Å². The first kappa shape index (κ1) is 58.9. The van der Waals surface area contributed by atoms with E-state index in [-0.39, 0.29) is 108 Å². The highest BCUT2D eigenvalue weighted by Crippen LogP contribution is 2.56. The minimum Gasteiger partial charge on any atom is -0.481 e. The van der Waals surface area contributed by atoms with Crippen LogP contribution in [-0.4, -0.2) is 90.6 Å². The maximum Gasteiger partial charge on any atom is 0.416 e. The number of carboxylic acids is 1. The Kier molecular flexibility index (Phi) is 19.1. The fourth-order valence-electron chi connectivity index (χ4n) is 9.10. The van der Waals surface area contributed by atoms with Gasteiger partial charge in [-0.3, -0.25) is 18.5 Å². The van der Waals surface area contributed by atoms with Crippen LogP contribution in [0.5, 0.6) is 0 Å². The Morgan fingerprint density at radius 2 is 1.15 bits per heavy atom. The smallest absolute Gasteiger partial charge is 0.416 e. The topological polar surface area (TPSA) is 207 Å². The number of hydrogen-bond acceptors (Lipinski definition) is 8. The molecule has 0 aromatic heterocycles. The van der Waals surface area contributed by atoms with Crippen molar-refractivity contribution in [2.75, 3.05) is 35.2 Å². The van der Waals surface area contributed by atoms with Crippen LogP contribution in [0.2, 0.25) is 0 Å². The molecule has 0 amide bonds. The van der Waals surface area contributed by atoms with E-state index < -0.39 is 134 Å². The van der Waals surface area contributed by atoms with Gasteiger partial charge in [0, 0.05) is 42.3 Å². The molecule has 0 saturated carbocycles. The largest absolute Gasteiger partial charge is 0.481 e. The van der Waals surface area contributed by atoms with Gasteiger partial charge in [0.25, 0.3) is 36.0 Å². The molecule has 26 heteroatoms. The Morgan fingerprint density at radius 3 is 1.69 bits per heavy atom. The number of nitrogens with zero attached hydrogens (tertiary/aromatic N) is 2. The first-order valence-electron chi connectivity index (χ1n) is 22.1. The molecule has 2 aliphatic heterocycles. The summed E-state index contributed by atoms with van der Waals surface area (Å²) in [5.74, 6) is -11.0. The predicted octanol–water partition coefficient (Wildman–Crippen LogP) is 10.4. The van der Waals surface area contributed by atoms with E-state index >= 15 is 8.78 Å². The van der Waals surface area contributed by atoms with Crippen LogP contribution in [0.3, 0.4) is 0 Å². The van der Waals surface area contributed by atoms with E-state index in [1.54, 1.807) is 0 Å². The molecule has 2 aromatic rings. The molecule has 396 valence electrons. The second-order valence-corrected chi connectivity index (χ2v) is 22.3. The average molecular weight is 1080 g/mol. The van der Waals surface area contributed by atoms with Gasteiger partial charge in [-0.25, -0.2) is 13.2 Å². The van der Waals surface area contributed by atoms with Crippen LogP contribution in [0.4, 0.5) is 55.3 Å². The second kappa shape index (κ2) is 23.1. The summed E-state index contributed by atoms with van der Waals surface area (Å²) >= 11 is 0. The lowest BCUT2D eigenvalue weighted by Crippen LogP contribution is -2.32. The van der Waals surface area contributed by atoms with Gasteiger partial charge >= 0.3 is 18.3 Å². The van der Waals surface area contributed by atoms with E-state index in [0.29, 0.717) is 6.07 Å². The van der Waals surface area contributed by atoms with E-state index in [1.165, 1.54) is 61.0 Å². The monoisotopic (exact) mass is 1080 g/mol. The van der Waals surface area contributed by atoms with Gasteiger partial charge < -0.3 is 10.0 Å². The van der Waals surface area contributed by atoms with Crippen molar-refractivity contribution in [2.45, 2.75) is 114 Å². The third-order valence-corrected chi connectivity index (χ3v) is 14.7. The zero-order valence-electron chi connectivity index (χ0n) is 38.3. The summed E-state index contributed by atoms with van der Waals surface area (Å²) in [6.45, 7) is 2.17. The van der Waals surface area contributed by atoms with Crippen molar-refractivity contribution in [1.29, 1.82) is 0 Å². The molecule has 2 heterocycles. The van der Waals surface area contributed by atoms with Crippen LogP contribution in [0.15, 0.2) is 60.4 Å². The molecule has 2 atom stereocenters. The van der Waals surface area contributed by atoms with Gasteiger partial charge in [-0.15, -0.1) is 0 Å². The molecule has 0 aliphatic carbocycles. The summed E-state index contributed by atoms with van der Waals surface area (Å²) < 4.78 is 246. The second-order valence-electron chi connectivity index (χ2n) is 17.6. The first-order valence-corrected chi connectivity index (χ1v) is 26.9. The van der Waals surface area contributed by atoms with Gasteiger partial charge in [0.2, 0.25) is 11.6 Å². The molecular formula is C45H53F10N2O11S3+. The predicted molar refractivity (Wildman–Crippen MR) is 242 cm³/mol. The summed E-state index contributed by atoms with van der Waals surface area (Å²) in [5.41, 5.74) is -9.07. The zero-order valence-corrected chi connectivity index (χ0v) is 40.7. The normalized spacial score (nSPS) is 19.6. The number of anilines is 1. The number of unbranched alkanes of at least 4 members (excludes halogenated alkanes) is 5. The van der Waals surface area contributed by atoms with Gasteiger partial charge in [-0.1, -0.05) is 43.2 Å². The molecule has 0 bridgehead atoms. The maximum atomic E-state index is 15.8. The lowest BCUT2D eigenvalue weighted by atomic mass is 9.74. The van der Waals surface area contributed by atoms with Crippen LogP contribution < -0.4 is 4.90 Å².